The molecule has 0 atom stereocenters. The maximum atomic E-state index is 13.3. The van der Waals surface area contributed by atoms with Gasteiger partial charge < -0.3 is 0 Å². The summed E-state index contributed by atoms with van der Waals surface area (Å²) in [6, 6.07) is 0. The van der Waals surface area contributed by atoms with Gasteiger partial charge in [0.25, 0.3) is 5.92 Å². The molecule has 0 aromatic carbocycles. The molecule has 1 rings (SSSR count). The zero-order valence-corrected chi connectivity index (χ0v) is 9.45. The summed E-state index contributed by atoms with van der Waals surface area (Å²) in [5.41, 5.74) is -5.67. The van der Waals surface area contributed by atoms with E-state index in [9.17, 15) is 30.4 Å². The van der Waals surface area contributed by atoms with Crippen LogP contribution < -0.4 is 0 Å². The smallest absolute Gasteiger partial charge is 0.257 e. The molecule has 3 nitrogen and oxygen atoms in total. The van der Waals surface area contributed by atoms with Gasteiger partial charge in [-0.15, -0.1) is 0 Å². The lowest BCUT2D eigenvalue weighted by molar-refractivity contribution is -0.0982. The fourth-order valence-corrected chi connectivity index (χ4v) is 2.13. The highest BCUT2D eigenvalue weighted by molar-refractivity contribution is 7.87. The molecule has 1 saturated carbocycles. The largest absolute Gasteiger partial charge is 0.523 e. The van der Waals surface area contributed by atoms with Crippen molar-refractivity contribution in [2.24, 2.45) is 5.92 Å². The van der Waals surface area contributed by atoms with Crippen LogP contribution in [-0.4, -0.2) is 26.5 Å². The Labute approximate surface area is 95.1 Å². The van der Waals surface area contributed by atoms with Crippen molar-refractivity contribution in [3.63, 3.8) is 0 Å². The van der Waals surface area contributed by atoms with Gasteiger partial charge in [-0.2, -0.15) is 21.6 Å². The Kier molecular flexibility index (Phi) is 4.02. The Bertz CT molecular complexity index is 356. The predicted molar refractivity (Wildman–Crippen MR) is 47.8 cm³/mol. The third-order valence-corrected chi connectivity index (χ3v) is 3.64. The molecule has 0 radical (unpaired) electrons. The van der Waals surface area contributed by atoms with Crippen molar-refractivity contribution >= 4 is 10.1 Å². The molecule has 0 unspecified atom stereocenters. The van der Waals surface area contributed by atoms with Crippen molar-refractivity contribution < 1.29 is 34.6 Å². The number of hydrogen-bond donors (Lipinski definition) is 0. The third kappa shape index (κ3) is 3.51. The lowest BCUT2D eigenvalue weighted by Gasteiger charge is -2.22. The topological polar surface area (TPSA) is 43.4 Å². The van der Waals surface area contributed by atoms with Gasteiger partial charge in [0.05, 0.1) is 0 Å². The van der Waals surface area contributed by atoms with Crippen molar-refractivity contribution in [1.82, 2.24) is 0 Å². The van der Waals surface area contributed by atoms with Crippen LogP contribution >= 0.6 is 0 Å². The Morgan fingerprint density at radius 3 is 1.94 bits per heavy atom. The molecule has 0 bridgehead atoms. The fraction of sp³-hybridized carbons (Fsp3) is 1.00. The molecular weight excluding hydrogens is 271 g/mol. The summed E-state index contributed by atoms with van der Waals surface area (Å²) in [7, 11) is -5.94. The Hall–Kier alpha value is -0.440. The minimum Gasteiger partial charge on any atom is -0.257 e. The molecule has 0 aromatic heterocycles. The SMILES string of the molecule is O=S(=O)(OCC(F)(F)C1CCCC1)C(F)(F)F. The zero-order chi connectivity index (χ0) is 13.3. The summed E-state index contributed by atoms with van der Waals surface area (Å²) < 4.78 is 86.3. The van der Waals surface area contributed by atoms with Gasteiger partial charge in [0.15, 0.2) is 0 Å². The van der Waals surface area contributed by atoms with E-state index in [-0.39, 0.29) is 12.8 Å². The van der Waals surface area contributed by atoms with Gasteiger partial charge in [-0.05, 0) is 12.8 Å². The summed E-state index contributed by atoms with van der Waals surface area (Å²) in [6.07, 6.45) is 1.46. The summed E-state index contributed by atoms with van der Waals surface area (Å²) in [4.78, 5) is 0. The lowest BCUT2D eigenvalue weighted by Crippen LogP contribution is -2.36. The third-order valence-electron chi connectivity index (χ3n) is 2.64. The highest BCUT2D eigenvalue weighted by Gasteiger charge is 2.50. The highest BCUT2D eigenvalue weighted by atomic mass is 32.2. The first-order chi connectivity index (χ1) is 7.56. The van der Waals surface area contributed by atoms with Crippen LogP contribution in [0.15, 0.2) is 0 Å². The number of alkyl halides is 5. The Morgan fingerprint density at radius 1 is 1.06 bits per heavy atom. The van der Waals surface area contributed by atoms with Crippen molar-refractivity contribution in [2.45, 2.75) is 37.1 Å². The molecular formula is C8H11F5O3S. The van der Waals surface area contributed by atoms with E-state index in [2.05, 4.69) is 4.18 Å². The van der Waals surface area contributed by atoms with E-state index < -0.39 is 34.1 Å². The second kappa shape index (κ2) is 4.68. The van der Waals surface area contributed by atoms with Gasteiger partial charge in [0.1, 0.15) is 6.61 Å². The highest BCUT2D eigenvalue weighted by Crippen LogP contribution is 2.38. The van der Waals surface area contributed by atoms with Crippen LogP contribution in [0.4, 0.5) is 22.0 Å². The van der Waals surface area contributed by atoms with Gasteiger partial charge in [-0.1, -0.05) is 12.8 Å². The molecule has 17 heavy (non-hydrogen) atoms. The van der Waals surface area contributed by atoms with Crippen molar-refractivity contribution in [3.05, 3.63) is 0 Å². The predicted octanol–water partition coefficient (Wildman–Crippen LogP) is 2.68. The molecule has 0 saturated heterocycles. The van der Waals surface area contributed by atoms with Crippen LogP contribution in [-0.2, 0) is 14.3 Å². The Morgan fingerprint density at radius 2 is 1.53 bits per heavy atom. The van der Waals surface area contributed by atoms with E-state index in [1.807, 2.05) is 0 Å². The van der Waals surface area contributed by atoms with Crippen LogP contribution in [0.3, 0.4) is 0 Å². The van der Waals surface area contributed by atoms with E-state index in [0.717, 1.165) is 0 Å². The summed E-state index contributed by atoms with van der Waals surface area (Å²) in [5, 5.41) is 0. The number of hydrogen-bond acceptors (Lipinski definition) is 3. The summed E-state index contributed by atoms with van der Waals surface area (Å²) in [5.74, 6) is -4.65. The summed E-state index contributed by atoms with van der Waals surface area (Å²) >= 11 is 0. The van der Waals surface area contributed by atoms with E-state index in [4.69, 9.17) is 0 Å². The average Bonchev–Trinajstić information content (AvgIpc) is 2.66. The molecule has 0 spiro atoms. The number of halogens is 5. The molecule has 1 aliphatic rings. The van der Waals surface area contributed by atoms with Crippen LogP contribution in [0.1, 0.15) is 25.7 Å². The van der Waals surface area contributed by atoms with Crippen molar-refractivity contribution in [2.75, 3.05) is 6.61 Å². The van der Waals surface area contributed by atoms with Crippen molar-refractivity contribution in [3.8, 4) is 0 Å². The first-order valence-electron chi connectivity index (χ1n) is 4.90. The maximum Gasteiger partial charge on any atom is 0.523 e. The molecule has 1 aliphatic carbocycles. The molecule has 0 aromatic rings. The van der Waals surface area contributed by atoms with Crippen LogP contribution in [0, 0.1) is 5.92 Å². The molecule has 9 heteroatoms. The fourth-order valence-electron chi connectivity index (χ4n) is 1.69. The van der Waals surface area contributed by atoms with E-state index in [1.54, 1.807) is 0 Å². The monoisotopic (exact) mass is 282 g/mol. The standard InChI is InChI=1S/C8H11F5O3S/c9-7(10,6-3-1-2-4-6)5-16-17(14,15)8(11,12)13/h6H,1-5H2. The molecule has 1 fully saturated rings. The second-order valence-corrected chi connectivity index (χ2v) is 5.51. The van der Waals surface area contributed by atoms with E-state index in [0.29, 0.717) is 12.8 Å². The van der Waals surface area contributed by atoms with Gasteiger partial charge in [-0.3, -0.25) is 4.18 Å². The van der Waals surface area contributed by atoms with Crippen LogP contribution in [0.5, 0.6) is 0 Å². The van der Waals surface area contributed by atoms with Gasteiger partial charge >= 0.3 is 15.6 Å². The van der Waals surface area contributed by atoms with Crippen LogP contribution in [0.25, 0.3) is 0 Å². The molecule has 0 amide bonds. The van der Waals surface area contributed by atoms with E-state index >= 15 is 0 Å². The lowest BCUT2D eigenvalue weighted by atomic mass is 10.0. The average molecular weight is 282 g/mol. The van der Waals surface area contributed by atoms with E-state index in [1.165, 1.54) is 0 Å². The molecule has 0 heterocycles. The first-order valence-corrected chi connectivity index (χ1v) is 6.30. The molecule has 0 N–H and O–H groups in total. The summed E-state index contributed by atoms with van der Waals surface area (Å²) in [6.45, 7) is -1.75. The number of rotatable bonds is 4. The molecule has 0 aliphatic heterocycles. The van der Waals surface area contributed by atoms with Gasteiger partial charge in [0, 0.05) is 5.92 Å². The minimum absolute atomic E-state index is 0.169. The second-order valence-electron chi connectivity index (χ2n) is 3.90. The van der Waals surface area contributed by atoms with Gasteiger partial charge in [0.2, 0.25) is 0 Å². The van der Waals surface area contributed by atoms with Crippen LogP contribution in [0.2, 0.25) is 0 Å². The maximum absolute atomic E-state index is 13.3. The minimum atomic E-state index is -5.94. The first kappa shape index (κ1) is 14.6. The quantitative estimate of drug-likeness (QED) is 0.452. The normalized spacial score (nSPS) is 19.8. The zero-order valence-electron chi connectivity index (χ0n) is 8.64. The molecule has 102 valence electrons. The van der Waals surface area contributed by atoms with Crippen molar-refractivity contribution in [1.29, 1.82) is 0 Å². The Balaban J connectivity index is 2.61. The van der Waals surface area contributed by atoms with Gasteiger partial charge in [-0.25, -0.2) is 8.78 Å².